The van der Waals surface area contributed by atoms with Crippen LogP contribution < -0.4 is 0 Å². The summed E-state index contributed by atoms with van der Waals surface area (Å²) in [4.78, 5) is 12.2. The fourth-order valence-electron chi connectivity index (χ4n) is 2.46. The summed E-state index contributed by atoms with van der Waals surface area (Å²) in [7, 11) is 0. The molecule has 1 aliphatic carbocycles. The Hall–Kier alpha value is -2.03. The number of phenols is 1. The fourth-order valence-corrected chi connectivity index (χ4v) is 2.46. The molecule has 1 aromatic rings. The van der Waals surface area contributed by atoms with E-state index in [1.807, 2.05) is 19.1 Å². The normalized spacial score (nSPS) is 21.9. The molecule has 106 valence electrons. The van der Waals surface area contributed by atoms with Gasteiger partial charge in [-0.2, -0.15) is 0 Å². The van der Waals surface area contributed by atoms with E-state index in [1.165, 1.54) is 0 Å². The lowest BCUT2D eigenvalue weighted by Gasteiger charge is -2.35. The topological polar surface area (TPSA) is 46.5 Å². The van der Waals surface area contributed by atoms with Gasteiger partial charge in [-0.1, -0.05) is 31.7 Å². The van der Waals surface area contributed by atoms with Crippen LogP contribution in [0, 0.1) is 5.92 Å². The molecule has 0 heterocycles. The summed E-state index contributed by atoms with van der Waals surface area (Å²) in [6.45, 7) is 5.56. The Morgan fingerprint density at radius 2 is 2.10 bits per heavy atom. The molecule has 0 radical (unpaired) electrons. The minimum atomic E-state index is -0.163. The maximum Gasteiger partial charge on any atom is 0.314 e. The number of esters is 1. The molecule has 2 atom stereocenters. The van der Waals surface area contributed by atoms with Crippen LogP contribution in [0.1, 0.15) is 37.7 Å². The van der Waals surface area contributed by atoms with Gasteiger partial charge in [0.15, 0.2) is 0 Å². The zero-order valence-electron chi connectivity index (χ0n) is 11.7. The highest BCUT2D eigenvalue weighted by Gasteiger charge is 2.38. The molecule has 3 nitrogen and oxygen atoms in total. The molecule has 3 heteroatoms. The van der Waals surface area contributed by atoms with Crippen LogP contribution >= 0.6 is 0 Å². The van der Waals surface area contributed by atoms with Gasteiger partial charge in [0.2, 0.25) is 0 Å². The molecule has 1 aromatic carbocycles. The summed E-state index contributed by atoms with van der Waals surface area (Å²) in [5, 5.41) is 9.31. The van der Waals surface area contributed by atoms with Crippen molar-refractivity contribution in [1.29, 1.82) is 0 Å². The third-order valence-electron chi connectivity index (χ3n) is 3.78. The summed E-state index contributed by atoms with van der Waals surface area (Å²) < 4.78 is 5.42. The monoisotopic (exact) mass is 272 g/mol. The van der Waals surface area contributed by atoms with Crippen molar-refractivity contribution < 1.29 is 14.6 Å². The van der Waals surface area contributed by atoms with Gasteiger partial charge >= 0.3 is 5.97 Å². The van der Waals surface area contributed by atoms with Crippen molar-refractivity contribution in [3.8, 4) is 5.75 Å². The molecular formula is C17H20O3. The van der Waals surface area contributed by atoms with Gasteiger partial charge < -0.3 is 9.84 Å². The van der Waals surface area contributed by atoms with Crippen molar-refractivity contribution >= 4 is 5.97 Å². The lowest BCUT2D eigenvalue weighted by molar-refractivity contribution is -0.148. The zero-order chi connectivity index (χ0) is 14.5. The van der Waals surface area contributed by atoms with Crippen LogP contribution in [0.5, 0.6) is 5.75 Å². The molecule has 0 aromatic heterocycles. The average molecular weight is 272 g/mol. The standard InChI is InChI=1S/C17H20O3/c1-3-5-14(4-2)20-17(19)16-11-10-15(16)12-6-8-13(18)9-7-12/h3,5-9,15-16,18H,1,4,10-11H2,2H3/b14-5+. The first-order chi connectivity index (χ1) is 9.65. The summed E-state index contributed by atoms with van der Waals surface area (Å²) in [6, 6.07) is 7.07. The van der Waals surface area contributed by atoms with Crippen LogP contribution in [0.15, 0.2) is 48.8 Å². The third-order valence-corrected chi connectivity index (χ3v) is 3.78. The predicted octanol–water partition coefficient (Wildman–Crippen LogP) is 3.91. The number of benzene rings is 1. The van der Waals surface area contributed by atoms with E-state index in [-0.39, 0.29) is 23.6 Å². The van der Waals surface area contributed by atoms with Crippen LogP contribution in [-0.2, 0) is 9.53 Å². The van der Waals surface area contributed by atoms with Crippen LogP contribution in [0.3, 0.4) is 0 Å². The van der Waals surface area contributed by atoms with E-state index in [1.54, 1.807) is 24.3 Å². The zero-order valence-corrected chi connectivity index (χ0v) is 11.7. The summed E-state index contributed by atoms with van der Waals surface area (Å²) in [6.07, 6.45) is 5.87. The molecule has 20 heavy (non-hydrogen) atoms. The Morgan fingerprint density at radius 1 is 1.40 bits per heavy atom. The third kappa shape index (κ3) is 3.10. The first-order valence-electron chi connectivity index (χ1n) is 6.98. The van der Waals surface area contributed by atoms with Gasteiger partial charge in [0.1, 0.15) is 11.5 Å². The number of hydrogen-bond donors (Lipinski definition) is 1. The van der Waals surface area contributed by atoms with Crippen LogP contribution in [-0.4, -0.2) is 11.1 Å². The SMILES string of the molecule is C=C/C=C(\CC)OC(=O)C1CCC1c1ccc(O)cc1. The minimum Gasteiger partial charge on any atom is -0.508 e. The smallest absolute Gasteiger partial charge is 0.314 e. The molecule has 1 aliphatic rings. The second-order valence-electron chi connectivity index (χ2n) is 5.03. The Balaban J connectivity index is 2.02. The van der Waals surface area contributed by atoms with Gasteiger partial charge in [-0.3, -0.25) is 4.79 Å². The molecule has 1 N–H and O–H groups in total. The predicted molar refractivity (Wildman–Crippen MR) is 78.2 cm³/mol. The minimum absolute atomic E-state index is 0.0840. The lowest BCUT2D eigenvalue weighted by Crippen LogP contribution is -2.32. The number of allylic oxidation sites excluding steroid dienone is 3. The van der Waals surface area contributed by atoms with Crippen LogP contribution in [0.25, 0.3) is 0 Å². The molecule has 1 fully saturated rings. The van der Waals surface area contributed by atoms with Crippen molar-refractivity contribution in [2.45, 2.75) is 32.1 Å². The number of phenolic OH excluding ortho intramolecular Hbond substituents is 1. The molecule has 0 saturated heterocycles. The maximum atomic E-state index is 12.2. The van der Waals surface area contributed by atoms with E-state index >= 15 is 0 Å². The Morgan fingerprint density at radius 3 is 2.60 bits per heavy atom. The molecule has 0 amide bonds. The first-order valence-corrected chi connectivity index (χ1v) is 6.98. The number of ether oxygens (including phenoxy) is 1. The molecular weight excluding hydrogens is 252 g/mol. The van der Waals surface area contributed by atoms with Crippen LogP contribution in [0.2, 0.25) is 0 Å². The maximum absolute atomic E-state index is 12.2. The number of carbonyl (C=O) groups excluding carboxylic acids is 1. The number of carbonyl (C=O) groups is 1. The lowest BCUT2D eigenvalue weighted by atomic mass is 9.70. The summed E-state index contributed by atoms with van der Waals surface area (Å²) in [5.41, 5.74) is 1.08. The quantitative estimate of drug-likeness (QED) is 0.502. The Bertz CT molecular complexity index is 514. The van der Waals surface area contributed by atoms with Crippen molar-refractivity contribution in [1.82, 2.24) is 0 Å². The highest BCUT2D eigenvalue weighted by atomic mass is 16.5. The number of hydrogen-bond acceptors (Lipinski definition) is 3. The Kier molecular flexibility index (Phi) is 4.61. The van der Waals surface area contributed by atoms with Gasteiger partial charge in [-0.15, -0.1) is 0 Å². The van der Waals surface area contributed by atoms with Gasteiger partial charge in [0, 0.05) is 6.42 Å². The second kappa shape index (κ2) is 6.42. The molecule has 1 saturated carbocycles. The summed E-state index contributed by atoms with van der Waals surface area (Å²) >= 11 is 0. The largest absolute Gasteiger partial charge is 0.508 e. The van der Waals surface area contributed by atoms with Gasteiger partial charge in [0.25, 0.3) is 0 Å². The van der Waals surface area contributed by atoms with Crippen molar-refractivity contribution in [3.63, 3.8) is 0 Å². The molecule has 0 aliphatic heterocycles. The van der Waals surface area contributed by atoms with E-state index in [0.717, 1.165) is 18.4 Å². The average Bonchev–Trinajstić information content (AvgIpc) is 2.39. The first kappa shape index (κ1) is 14.4. The molecule has 0 spiro atoms. The van der Waals surface area contributed by atoms with Crippen LogP contribution in [0.4, 0.5) is 0 Å². The fraction of sp³-hybridized carbons (Fsp3) is 0.353. The molecule has 0 bridgehead atoms. The van der Waals surface area contributed by atoms with Crippen molar-refractivity contribution in [2.75, 3.05) is 0 Å². The van der Waals surface area contributed by atoms with Crippen molar-refractivity contribution in [2.24, 2.45) is 5.92 Å². The van der Waals surface area contributed by atoms with E-state index in [0.29, 0.717) is 12.2 Å². The Labute approximate surface area is 119 Å². The highest BCUT2D eigenvalue weighted by Crippen LogP contribution is 2.43. The summed E-state index contributed by atoms with van der Waals surface area (Å²) in [5.74, 6) is 0.851. The highest BCUT2D eigenvalue weighted by molar-refractivity contribution is 5.76. The number of rotatable bonds is 5. The van der Waals surface area contributed by atoms with Crippen molar-refractivity contribution in [3.05, 3.63) is 54.3 Å². The number of aromatic hydroxyl groups is 1. The molecule has 2 rings (SSSR count). The van der Waals surface area contributed by atoms with E-state index in [2.05, 4.69) is 6.58 Å². The van der Waals surface area contributed by atoms with E-state index in [9.17, 15) is 9.90 Å². The van der Waals surface area contributed by atoms with Gasteiger partial charge in [-0.05, 0) is 42.5 Å². The van der Waals surface area contributed by atoms with E-state index in [4.69, 9.17) is 4.74 Å². The van der Waals surface area contributed by atoms with E-state index < -0.39 is 0 Å². The van der Waals surface area contributed by atoms with Gasteiger partial charge in [-0.25, -0.2) is 0 Å². The molecule has 2 unspecified atom stereocenters. The second-order valence-corrected chi connectivity index (χ2v) is 5.03. The van der Waals surface area contributed by atoms with Gasteiger partial charge in [0.05, 0.1) is 5.92 Å².